The van der Waals surface area contributed by atoms with Gasteiger partial charge in [-0.2, -0.15) is 0 Å². The van der Waals surface area contributed by atoms with Crippen LogP contribution in [0.2, 0.25) is 0 Å². The molecule has 0 saturated heterocycles. The molecule has 0 aromatic heterocycles. The van der Waals surface area contributed by atoms with Crippen LogP contribution in [-0.4, -0.2) is 37.9 Å². The third-order valence-corrected chi connectivity index (χ3v) is 5.35. The van der Waals surface area contributed by atoms with Gasteiger partial charge in [0.15, 0.2) is 0 Å². The Labute approximate surface area is 154 Å². The number of nitrogens with zero attached hydrogens (tertiary/aromatic N) is 2. The fraction of sp³-hybridized carbons (Fsp3) is 0.550. The van der Waals surface area contributed by atoms with Crippen LogP contribution in [0.15, 0.2) is 18.2 Å². The highest BCUT2D eigenvalue weighted by molar-refractivity contribution is 6.20. The van der Waals surface area contributed by atoms with Crippen LogP contribution >= 0.6 is 0 Å². The lowest BCUT2D eigenvalue weighted by Gasteiger charge is -2.37. The Morgan fingerprint density at radius 2 is 2.00 bits per heavy atom. The lowest BCUT2D eigenvalue weighted by molar-refractivity contribution is -0.129. The van der Waals surface area contributed by atoms with E-state index in [-0.39, 0.29) is 30.2 Å². The van der Waals surface area contributed by atoms with Crippen molar-refractivity contribution < 1.29 is 14.4 Å². The van der Waals surface area contributed by atoms with Crippen LogP contribution in [0.1, 0.15) is 49.9 Å². The third-order valence-electron chi connectivity index (χ3n) is 5.35. The molecule has 2 unspecified atom stereocenters. The lowest BCUT2D eigenvalue weighted by atomic mass is 9.81. The molecule has 1 heterocycles. The maximum Gasteiger partial charge on any atom is 0.253 e. The second kappa shape index (κ2) is 7.48. The maximum absolute atomic E-state index is 13.1. The minimum atomic E-state index is -0.200. The summed E-state index contributed by atoms with van der Waals surface area (Å²) >= 11 is 0. The van der Waals surface area contributed by atoms with E-state index in [9.17, 15) is 14.4 Å². The largest absolute Gasteiger partial charge is 0.364 e. The van der Waals surface area contributed by atoms with Crippen molar-refractivity contribution in [2.75, 3.05) is 29.9 Å². The van der Waals surface area contributed by atoms with Crippen molar-refractivity contribution in [3.05, 3.63) is 23.8 Å². The van der Waals surface area contributed by atoms with E-state index in [1.807, 2.05) is 14.0 Å². The van der Waals surface area contributed by atoms with Gasteiger partial charge in [0, 0.05) is 25.1 Å². The van der Waals surface area contributed by atoms with Crippen LogP contribution in [0, 0.1) is 11.8 Å². The van der Waals surface area contributed by atoms with E-state index in [0.717, 1.165) is 31.4 Å². The van der Waals surface area contributed by atoms with E-state index in [2.05, 4.69) is 12.2 Å². The van der Waals surface area contributed by atoms with Crippen molar-refractivity contribution in [3.63, 3.8) is 0 Å². The Bertz CT molecular complexity index is 731. The molecule has 1 fully saturated rings. The summed E-state index contributed by atoms with van der Waals surface area (Å²) in [6.07, 6.45) is 3.86. The van der Waals surface area contributed by atoms with Gasteiger partial charge in [0.05, 0.1) is 17.9 Å². The molecule has 1 aliphatic carbocycles. The molecule has 1 aliphatic heterocycles. The summed E-state index contributed by atoms with van der Waals surface area (Å²) in [6, 6.07) is 5.16. The molecular weight excluding hydrogens is 330 g/mol. The predicted octanol–water partition coefficient (Wildman–Crippen LogP) is 2.57. The molecule has 6 nitrogen and oxygen atoms in total. The standard InChI is InChI=1S/C20H27N3O3/c1-4-21-19(25)14-8-9-16-17(11-14)22(3)12-18(24)23(16)20(26)15-7-5-6-13(2)10-15/h8-9,11,13,15H,4-7,10,12H2,1-3H3,(H,21,25). The fourth-order valence-corrected chi connectivity index (χ4v) is 4.00. The molecule has 2 atom stereocenters. The molecule has 1 aromatic carbocycles. The number of amides is 3. The third kappa shape index (κ3) is 3.45. The zero-order chi connectivity index (χ0) is 18.8. The van der Waals surface area contributed by atoms with Crippen LogP contribution in [0.5, 0.6) is 0 Å². The Morgan fingerprint density at radius 3 is 2.69 bits per heavy atom. The van der Waals surface area contributed by atoms with Gasteiger partial charge in [0.25, 0.3) is 11.8 Å². The molecule has 2 aliphatic rings. The zero-order valence-corrected chi connectivity index (χ0v) is 15.7. The highest BCUT2D eigenvalue weighted by Gasteiger charge is 2.37. The van der Waals surface area contributed by atoms with Gasteiger partial charge in [-0.1, -0.05) is 19.8 Å². The minimum Gasteiger partial charge on any atom is -0.364 e. The quantitative estimate of drug-likeness (QED) is 0.844. The van der Waals surface area contributed by atoms with E-state index >= 15 is 0 Å². The summed E-state index contributed by atoms with van der Waals surface area (Å²) in [5.74, 6) is -0.0305. The fourth-order valence-electron chi connectivity index (χ4n) is 4.00. The average Bonchev–Trinajstić information content (AvgIpc) is 2.61. The van der Waals surface area contributed by atoms with Crippen molar-refractivity contribution in [1.82, 2.24) is 5.32 Å². The SMILES string of the molecule is CCNC(=O)c1ccc2c(c1)N(C)CC(=O)N2C(=O)C1CCCC(C)C1. The number of fused-ring (bicyclic) bond motifs is 1. The molecule has 0 bridgehead atoms. The topological polar surface area (TPSA) is 69.7 Å². The summed E-state index contributed by atoms with van der Waals surface area (Å²) in [7, 11) is 1.81. The van der Waals surface area contributed by atoms with E-state index in [0.29, 0.717) is 23.7 Å². The van der Waals surface area contributed by atoms with E-state index < -0.39 is 0 Å². The number of likely N-dealkylation sites (N-methyl/N-ethyl adjacent to an activating group) is 1. The van der Waals surface area contributed by atoms with Crippen molar-refractivity contribution in [3.8, 4) is 0 Å². The number of nitrogens with one attached hydrogen (secondary N) is 1. The van der Waals surface area contributed by atoms with Gasteiger partial charge in [-0.15, -0.1) is 0 Å². The average molecular weight is 357 g/mol. The Balaban J connectivity index is 1.93. The van der Waals surface area contributed by atoms with Gasteiger partial charge >= 0.3 is 0 Å². The summed E-state index contributed by atoms with van der Waals surface area (Å²) in [4.78, 5) is 41.0. The van der Waals surface area contributed by atoms with Gasteiger partial charge in [0.1, 0.15) is 0 Å². The van der Waals surface area contributed by atoms with Crippen molar-refractivity contribution in [1.29, 1.82) is 0 Å². The molecule has 1 aromatic rings. The van der Waals surface area contributed by atoms with Crippen molar-refractivity contribution in [2.24, 2.45) is 11.8 Å². The lowest BCUT2D eigenvalue weighted by Crippen LogP contribution is -2.50. The summed E-state index contributed by atoms with van der Waals surface area (Å²) in [5, 5.41) is 2.78. The van der Waals surface area contributed by atoms with E-state index in [1.165, 1.54) is 4.90 Å². The van der Waals surface area contributed by atoms with Crippen LogP contribution < -0.4 is 15.1 Å². The molecular formula is C20H27N3O3. The normalized spacial score (nSPS) is 22.8. The molecule has 1 saturated carbocycles. The van der Waals surface area contributed by atoms with Crippen LogP contribution in [0.4, 0.5) is 11.4 Å². The highest BCUT2D eigenvalue weighted by atomic mass is 16.2. The monoisotopic (exact) mass is 357 g/mol. The number of hydrogen-bond donors (Lipinski definition) is 1. The molecule has 6 heteroatoms. The number of benzene rings is 1. The first-order valence-corrected chi connectivity index (χ1v) is 9.42. The first-order valence-electron chi connectivity index (χ1n) is 9.42. The number of rotatable bonds is 3. The Hall–Kier alpha value is -2.37. The molecule has 3 amide bonds. The second-order valence-electron chi connectivity index (χ2n) is 7.46. The smallest absolute Gasteiger partial charge is 0.253 e. The number of hydrogen-bond acceptors (Lipinski definition) is 4. The van der Waals surface area contributed by atoms with Gasteiger partial charge in [-0.3, -0.25) is 14.4 Å². The van der Waals surface area contributed by atoms with Crippen LogP contribution in [0.25, 0.3) is 0 Å². The number of carbonyl (C=O) groups excluding carboxylic acids is 3. The molecule has 0 radical (unpaired) electrons. The zero-order valence-electron chi connectivity index (χ0n) is 15.7. The molecule has 26 heavy (non-hydrogen) atoms. The molecule has 3 rings (SSSR count). The highest BCUT2D eigenvalue weighted by Crippen LogP contribution is 2.37. The second-order valence-corrected chi connectivity index (χ2v) is 7.46. The maximum atomic E-state index is 13.1. The van der Waals surface area contributed by atoms with Gasteiger partial charge in [-0.05, 0) is 43.9 Å². The Kier molecular flexibility index (Phi) is 5.30. The van der Waals surface area contributed by atoms with Crippen LogP contribution in [-0.2, 0) is 9.59 Å². The Morgan fingerprint density at radius 1 is 1.23 bits per heavy atom. The van der Waals surface area contributed by atoms with Gasteiger partial charge in [0.2, 0.25) is 5.91 Å². The number of anilines is 2. The minimum absolute atomic E-state index is 0.0953. The predicted molar refractivity (Wildman–Crippen MR) is 101 cm³/mol. The van der Waals surface area contributed by atoms with Gasteiger partial charge < -0.3 is 10.2 Å². The van der Waals surface area contributed by atoms with E-state index in [1.54, 1.807) is 23.1 Å². The first-order chi connectivity index (χ1) is 12.4. The summed E-state index contributed by atoms with van der Waals surface area (Å²) < 4.78 is 0. The van der Waals surface area contributed by atoms with Crippen molar-refractivity contribution in [2.45, 2.75) is 39.5 Å². The molecule has 140 valence electrons. The number of carbonyl (C=O) groups is 3. The molecule has 0 spiro atoms. The number of imide groups is 1. The van der Waals surface area contributed by atoms with Crippen molar-refractivity contribution >= 4 is 29.1 Å². The van der Waals surface area contributed by atoms with Gasteiger partial charge in [-0.25, -0.2) is 4.90 Å². The van der Waals surface area contributed by atoms with Crippen LogP contribution in [0.3, 0.4) is 0 Å². The summed E-state index contributed by atoms with van der Waals surface area (Å²) in [5.41, 5.74) is 1.86. The first kappa shape index (κ1) is 18.4. The van der Waals surface area contributed by atoms with E-state index in [4.69, 9.17) is 0 Å². The molecule has 1 N–H and O–H groups in total. The summed E-state index contributed by atoms with van der Waals surface area (Å²) in [6.45, 7) is 4.72.